The van der Waals surface area contributed by atoms with Gasteiger partial charge < -0.3 is 15.0 Å². The summed E-state index contributed by atoms with van der Waals surface area (Å²) in [4.78, 5) is 26.5. The number of hydrogen-bond acceptors (Lipinski definition) is 4. The minimum atomic E-state index is 0.148. The van der Waals surface area contributed by atoms with Crippen LogP contribution in [-0.4, -0.2) is 60.6 Å². The van der Waals surface area contributed by atoms with Crippen LogP contribution in [0.2, 0.25) is 0 Å². The number of piperidine rings is 1. The Bertz CT molecular complexity index is 413. The fourth-order valence-corrected chi connectivity index (χ4v) is 4.20. The molecule has 0 spiro atoms. The van der Waals surface area contributed by atoms with Crippen LogP contribution in [0.5, 0.6) is 0 Å². The summed E-state index contributed by atoms with van der Waals surface area (Å²) in [5, 5.41) is 3.23. The standard InChI is InChI=1S/C18H32N2O3S/c1-3-15-11-20(18(22)13-24-4-2)8-7-16(15)19-17(21)10-14-6-5-9-23-12-14/h14-16H,3-13H2,1-2H3,(H,19,21). The summed E-state index contributed by atoms with van der Waals surface area (Å²) < 4.78 is 5.46. The average Bonchev–Trinajstić information content (AvgIpc) is 2.60. The largest absolute Gasteiger partial charge is 0.381 e. The minimum absolute atomic E-state index is 0.148. The molecule has 2 saturated heterocycles. The van der Waals surface area contributed by atoms with E-state index in [4.69, 9.17) is 4.74 Å². The van der Waals surface area contributed by atoms with Crippen LogP contribution < -0.4 is 5.32 Å². The van der Waals surface area contributed by atoms with Gasteiger partial charge in [0.05, 0.1) is 5.75 Å². The van der Waals surface area contributed by atoms with Gasteiger partial charge in [0.1, 0.15) is 0 Å². The lowest BCUT2D eigenvalue weighted by Gasteiger charge is -2.39. The molecule has 2 amide bonds. The molecule has 0 aromatic heterocycles. The molecule has 2 fully saturated rings. The highest BCUT2D eigenvalue weighted by Crippen LogP contribution is 2.22. The Morgan fingerprint density at radius 2 is 2.12 bits per heavy atom. The fourth-order valence-electron chi connectivity index (χ4n) is 3.64. The molecular formula is C18H32N2O3S. The molecule has 138 valence electrons. The minimum Gasteiger partial charge on any atom is -0.381 e. The maximum atomic E-state index is 12.3. The summed E-state index contributed by atoms with van der Waals surface area (Å²) in [6.45, 7) is 7.30. The molecule has 2 aliphatic rings. The molecule has 5 nitrogen and oxygen atoms in total. The Hall–Kier alpha value is -0.750. The predicted octanol–water partition coefficient (Wildman–Crippen LogP) is 2.30. The molecule has 2 aliphatic heterocycles. The van der Waals surface area contributed by atoms with E-state index in [1.807, 2.05) is 4.90 Å². The normalized spacial score (nSPS) is 27.8. The van der Waals surface area contributed by atoms with Crippen molar-refractivity contribution in [3.8, 4) is 0 Å². The van der Waals surface area contributed by atoms with Gasteiger partial charge in [0.15, 0.2) is 0 Å². The molecule has 3 unspecified atom stereocenters. The van der Waals surface area contributed by atoms with E-state index < -0.39 is 0 Å². The third-order valence-electron chi connectivity index (χ3n) is 5.12. The SMILES string of the molecule is CCSCC(=O)N1CCC(NC(=O)CC2CCCOC2)C(CC)C1. The second-order valence-electron chi connectivity index (χ2n) is 6.90. The van der Waals surface area contributed by atoms with Gasteiger partial charge in [-0.2, -0.15) is 11.8 Å². The first-order valence-electron chi connectivity index (χ1n) is 9.36. The van der Waals surface area contributed by atoms with Gasteiger partial charge in [-0.05, 0) is 43.3 Å². The first kappa shape index (κ1) is 19.6. The molecule has 1 N–H and O–H groups in total. The third kappa shape index (κ3) is 5.96. The van der Waals surface area contributed by atoms with Crippen LogP contribution in [0, 0.1) is 11.8 Å². The maximum absolute atomic E-state index is 12.3. The number of likely N-dealkylation sites (tertiary alicyclic amines) is 1. The van der Waals surface area contributed by atoms with Gasteiger partial charge in [-0.25, -0.2) is 0 Å². The van der Waals surface area contributed by atoms with E-state index in [1.54, 1.807) is 11.8 Å². The van der Waals surface area contributed by atoms with Crippen LogP contribution in [0.15, 0.2) is 0 Å². The van der Waals surface area contributed by atoms with E-state index in [0.717, 1.165) is 51.1 Å². The summed E-state index contributed by atoms with van der Waals surface area (Å²) in [5.41, 5.74) is 0. The third-order valence-corrected chi connectivity index (χ3v) is 5.98. The number of amides is 2. The molecular weight excluding hydrogens is 324 g/mol. The molecule has 0 aromatic carbocycles. The van der Waals surface area contributed by atoms with Crippen LogP contribution in [0.1, 0.15) is 46.0 Å². The highest BCUT2D eigenvalue weighted by molar-refractivity contribution is 7.99. The van der Waals surface area contributed by atoms with Gasteiger partial charge in [0.25, 0.3) is 0 Å². The van der Waals surface area contributed by atoms with Gasteiger partial charge in [0.2, 0.25) is 11.8 Å². The monoisotopic (exact) mass is 356 g/mol. The van der Waals surface area contributed by atoms with Crippen molar-refractivity contribution in [2.45, 2.75) is 52.0 Å². The number of nitrogens with one attached hydrogen (secondary N) is 1. The predicted molar refractivity (Wildman–Crippen MR) is 98.1 cm³/mol. The molecule has 0 aromatic rings. The number of carbonyl (C=O) groups excluding carboxylic acids is 2. The summed E-state index contributed by atoms with van der Waals surface area (Å²) in [5.74, 6) is 2.67. The lowest BCUT2D eigenvalue weighted by molar-refractivity contribution is -0.131. The first-order valence-corrected chi connectivity index (χ1v) is 10.5. The Labute approximate surface area is 150 Å². The summed E-state index contributed by atoms with van der Waals surface area (Å²) >= 11 is 1.68. The van der Waals surface area contributed by atoms with Crippen molar-refractivity contribution in [3.05, 3.63) is 0 Å². The smallest absolute Gasteiger partial charge is 0.232 e. The number of nitrogens with zero attached hydrogens (tertiary/aromatic N) is 1. The van der Waals surface area contributed by atoms with Gasteiger partial charge >= 0.3 is 0 Å². The Morgan fingerprint density at radius 1 is 1.29 bits per heavy atom. The van der Waals surface area contributed by atoms with Crippen molar-refractivity contribution in [2.75, 3.05) is 37.8 Å². The number of carbonyl (C=O) groups is 2. The lowest BCUT2D eigenvalue weighted by atomic mass is 9.89. The molecule has 3 atom stereocenters. The molecule has 24 heavy (non-hydrogen) atoms. The van der Waals surface area contributed by atoms with Crippen molar-refractivity contribution < 1.29 is 14.3 Å². The quantitative estimate of drug-likeness (QED) is 0.760. The summed E-state index contributed by atoms with van der Waals surface area (Å²) in [7, 11) is 0. The Balaban J connectivity index is 1.78. The van der Waals surface area contributed by atoms with E-state index in [9.17, 15) is 9.59 Å². The van der Waals surface area contributed by atoms with Crippen molar-refractivity contribution in [3.63, 3.8) is 0 Å². The topological polar surface area (TPSA) is 58.6 Å². The molecule has 2 heterocycles. The van der Waals surface area contributed by atoms with Crippen molar-refractivity contribution in [1.29, 1.82) is 0 Å². The highest BCUT2D eigenvalue weighted by atomic mass is 32.2. The number of rotatable bonds is 7. The van der Waals surface area contributed by atoms with E-state index in [-0.39, 0.29) is 17.9 Å². The molecule has 2 rings (SSSR count). The van der Waals surface area contributed by atoms with Crippen LogP contribution in [0.25, 0.3) is 0 Å². The van der Waals surface area contributed by atoms with E-state index in [2.05, 4.69) is 19.2 Å². The summed E-state index contributed by atoms with van der Waals surface area (Å²) in [6, 6.07) is 0.204. The van der Waals surface area contributed by atoms with Crippen LogP contribution in [-0.2, 0) is 14.3 Å². The van der Waals surface area contributed by atoms with Crippen molar-refractivity contribution in [2.24, 2.45) is 11.8 Å². The average molecular weight is 357 g/mol. The van der Waals surface area contributed by atoms with E-state index in [0.29, 0.717) is 30.6 Å². The lowest BCUT2D eigenvalue weighted by Crippen LogP contribution is -2.52. The molecule has 0 saturated carbocycles. The fraction of sp³-hybridized carbons (Fsp3) is 0.889. The van der Waals surface area contributed by atoms with Gasteiger partial charge in [-0.1, -0.05) is 13.8 Å². The summed E-state index contributed by atoms with van der Waals surface area (Å²) in [6.07, 6.45) is 4.58. The maximum Gasteiger partial charge on any atom is 0.232 e. The number of hydrogen-bond donors (Lipinski definition) is 1. The zero-order valence-electron chi connectivity index (χ0n) is 15.1. The van der Waals surface area contributed by atoms with Gasteiger partial charge in [-0.15, -0.1) is 0 Å². The van der Waals surface area contributed by atoms with Crippen LogP contribution >= 0.6 is 11.8 Å². The zero-order valence-corrected chi connectivity index (χ0v) is 15.9. The van der Waals surface area contributed by atoms with Gasteiger partial charge in [-0.3, -0.25) is 9.59 Å². The molecule has 6 heteroatoms. The second-order valence-corrected chi connectivity index (χ2v) is 8.17. The first-order chi connectivity index (χ1) is 11.6. The van der Waals surface area contributed by atoms with Crippen LogP contribution in [0.3, 0.4) is 0 Å². The van der Waals surface area contributed by atoms with Gasteiger partial charge in [0, 0.05) is 38.8 Å². The van der Waals surface area contributed by atoms with E-state index >= 15 is 0 Å². The van der Waals surface area contributed by atoms with E-state index in [1.165, 1.54) is 0 Å². The Kier molecular flexibility index (Phi) is 8.39. The molecule has 0 radical (unpaired) electrons. The second kappa shape index (κ2) is 10.3. The van der Waals surface area contributed by atoms with Crippen LogP contribution in [0.4, 0.5) is 0 Å². The number of ether oxygens (including phenoxy) is 1. The molecule has 0 bridgehead atoms. The Morgan fingerprint density at radius 3 is 2.79 bits per heavy atom. The number of thioether (sulfide) groups is 1. The highest BCUT2D eigenvalue weighted by Gasteiger charge is 2.31. The van der Waals surface area contributed by atoms with Crippen molar-refractivity contribution >= 4 is 23.6 Å². The van der Waals surface area contributed by atoms with Crippen molar-refractivity contribution in [1.82, 2.24) is 10.2 Å². The molecule has 0 aliphatic carbocycles. The zero-order chi connectivity index (χ0) is 17.4.